The first-order chi connectivity index (χ1) is 28.8. The Hall–Kier alpha value is -5.00. The van der Waals surface area contributed by atoms with E-state index in [4.69, 9.17) is 46.4 Å². The van der Waals surface area contributed by atoms with Crippen LogP contribution >= 0.6 is 46.4 Å². The van der Waals surface area contributed by atoms with Gasteiger partial charge in [-0.1, -0.05) is 119 Å². The van der Waals surface area contributed by atoms with E-state index in [1.807, 2.05) is 84.9 Å². The molecule has 2 atom stereocenters. The molecule has 0 bridgehead atoms. The van der Waals surface area contributed by atoms with Crippen LogP contribution in [0.3, 0.4) is 0 Å². The lowest BCUT2D eigenvalue weighted by atomic mass is 9.99. The maximum Gasteiger partial charge on any atom is 0.289 e. The number of hydrogen-bond acceptors (Lipinski definition) is 6. The third kappa shape index (κ3) is 12.1. The van der Waals surface area contributed by atoms with Crippen molar-refractivity contribution in [3.8, 4) is 0 Å². The average Bonchev–Trinajstić information content (AvgIpc) is 3.60. The molecule has 0 spiro atoms. The summed E-state index contributed by atoms with van der Waals surface area (Å²) < 4.78 is 0. The zero-order valence-corrected chi connectivity index (χ0v) is 36.4. The van der Waals surface area contributed by atoms with E-state index in [2.05, 4.69) is 10.6 Å². The molecule has 10 nitrogen and oxygen atoms in total. The van der Waals surface area contributed by atoms with Gasteiger partial charge in [0.2, 0.25) is 0 Å². The van der Waals surface area contributed by atoms with Gasteiger partial charge in [-0.05, 0) is 97.9 Å². The summed E-state index contributed by atoms with van der Waals surface area (Å²) in [6.45, 7) is 0.832. The fourth-order valence-corrected chi connectivity index (χ4v) is 7.85. The molecule has 4 aromatic rings. The normalized spacial score (nSPS) is 16.3. The second-order valence-electron chi connectivity index (χ2n) is 14.7. The number of benzene rings is 4. The second-order valence-corrected chi connectivity index (χ2v) is 16.3. The molecular weight excluding hydrogens is 846 g/mol. The lowest BCUT2D eigenvalue weighted by molar-refractivity contribution is -0.128. The van der Waals surface area contributed by atoms with Gasteiger partial charge in [0.15, 0.2) is 11.5 Å². The minimum Gasteiger partial charge on any atom is -0.503 e. The van der Waals surface area contributed by atoms with Crippen LogP contribution in [0.1, 0.15) is 47.9 Å². The molecule has 14 heteroatoms. The van der Waals surface area contributed by atoms with Crippen LogP contribution in [0.4, 0.5) is 0 Å². The third-order valence-electron chi connectivity index (χ3n) is 10.6. The summed E-state index contributed by atoms with van der Waals surface area (Å²) in [5, 5.41) is 28.2. The number of nitrogens with zero attached hydrogens (tertiary/aromatic N) is 2. The Morgan fingerprint density at radius 2 is 0.900 bits per heavy atom. The number of likely N-dealkylation sites (N-methyl/N-ethyl adjacent to an activating group) is 2. The molecule has 60 heavy (non-hydrogen) atoms. The number of aliphatic hydroxyl groups is 2. The number of carbonyl (C=O) groups is 4. The van der Waals surface area contributed by atoms with Crippen molar-refractivity contribution >= 4 is 70.0 Å². The molecular formula is C46H48Cl4N4O6. The van der Waals surface area contributed by atoms with Crippen LogP contribution in [0.2, 0.25) is 20.1 Å². The molecule has 6 rings (SSSR count). The topological polar surface area (TPSA) is 139 Å². The van der Waals surface area contributed by atoms with Crippen molar-refractivity contribution in [3.63, 3.8) is 0 Å². The zero-order chi connectivity index (χ0) is 43.3. The molecule has 2 aliphatic rings. The molecule has 0 fully saturated rings. The molecule has 2 aliphatic heterocycles. The molecule has 0 radical (unpaired) electrons. The number of hydrogen-bond donors (Lipinski definition) is 4. The van der Waals surface area contributed by atoms with Gasteiger partial charge in [0.05, 0.1) is 43.3 Å². The first-order valence-corrected chi connectivity index (χ1v) is 21.2. The summed E-state index contributed by atoms with van der Waals surface area (Å²) in [4.78, 5) is 52.8. The summed E-state index contributed by atoms with van der Waals surface area (Å²) in [5.41, 5.74) is 4.58. The van der Waals surface area contributed by atoms with E-state index in [1.165, 1.54) is 9.80 Å². The predicted molar refractivity (Wildman–Crippen MR) is 238 cm³/mol. The standard InChI is InChI=1S/2C23H24Cl2N2O3/c2*1-27-19(12-10-15-6-3-2-4-7-15)20(21(28)23(27)30)22(29)26-13-5-8-16-9-11-17(24)18(25)14-16/h2*2-4,6-7,9,11,14,19,28H,5,8,10,12-13H2,1H3,(H,26,29). The Labute approximate surface area is 370 Å². The quantitative estimate of drug-likeness (QED) is 0.0831. The summed E-state index contributed by atoms with van der Waals surface area (Å²) >= 11 is 23.9. The minimum atomic E-state index is -0.519. The van der Waals surface area contributed by atoms with Crippen LogP contribution in [0.15, 0.2) is 120 Å². The van der Waals surface area contributed by atoms with E-state index < -0.39 is 47.2 Å². The summed E-state index contributed by atoms with van der Waals surface area (Å²) in [6, 6.07) is 29.7. The Morgan fingerprint density at radius 1 is 0.533 bits per heavy atom. The lowest BCUT2D eigenvalue weighted by Gasteiger charge is -2.22. The van der Waals surface area contributed by atoms with Crippen LogP contribution in [0.25, 0.3) is 0 Å². The monoisotopic (exact) mass is 892 g/mol. The number of halogens is 4. The van der Waals surface area contributed by atoms with Crippen molar-refractivity contribution < 1.29 is 29.4 Å². The lowest BCUT2D eigenvalue weighted by Crippen LogP contribution is -2.37. The van der Waals surface area contributed by atoms with Gasteiger partial charge in [-0.15, -0.1) is 0 Å². The van der Waals surface area contributed by atoms with E-state index in [9.17, 15) is 29.4 Å². The van der Waals surface area contributed by atoms with Gasteiger partial charge < -0.3 is 30.6 Å². The van der Waals surface area contributed by atoms with E-state index in [0.717, 1.165) is 35.1 Å². The number of nitrogens with one attached hydrogen (secondary N) is 2. The van der Waals surface area contributed by atoms with Crippen molar-refractivity contribution in [1.82, 2.24) is 20.4 Å². The minimum absolute atomic E-state index is 0.146. The Balaban J connectivity index is 0.000000228. The van der Waals surface area contributed by atoms with Crippen LogP contribution in [0.5, 0.6) is 0 Å². The van der Waals surface area contributed by atoms with Gasteiger partial charge in [0.25, 0.3) is 23.6 Å². The summed E-state index contributed by atoms with van der Waals surface area (Å²) in [7, 11) is 3.22. The van der Waals surface area contributed by atoms with E-state index in [1.54, 1.807) is 26.2 Å². The molecule has 4 aromatic carbocycles. The first-order valence-electron chi connectivity index (χ1n) is 19.7. The number of amides is 4. The Kier molecular flexibility index (Phi) is 16.9. The highest BCUT2D eigenvalue weighted by Crippen LogP contribution is 2.29. The fourth-order valence-electron chi connectivity index (χ4n) is 7.21. The molecule has 2 heterocycles. The molecule has 0 aliphatic carbocycles. The van der Waals surface area contributed by atoms with E-state index in [-0.39, 0.29) is 11.1 Å². The number of rotatable bonds is 16. The van der Waals surface area contributed by atoms with Crippen LogP contribution in [-0.4, -0.2) is 82.9 Å². The molecule has 4 amide bonds. The van der Waals surface area contributed by atoms with Gasteiger partial charge in [0.1, 0.15) is 0 Å². The number of aliphatic hydroxyl groups excluding tert-OH is 2. The Morgan fingerprint density at radius 3 is 1.25 bits per heavy atom. The average molecular weight is 895 g/mol. The molecule has 0 saturated carbocycles. The summed E-state index contributed by atoms with van der Waals surface area (Å²) in [6.07, 6.45) is 5.34. The van der Waals surface area contributed by atoms with E-state index >= 15 is 0 Å². The predicted octanol–water partition coefficient (Wildman–Crippen LogP) is 8.66. The van der Waals surface area contributed by atoms with Gasteiger partial charge in [-0.3, -0.25) is 19.2 Å². The smallest absolute Gasteiger partial charge is 0.289 e. The van der Waals surface area contributed by atoms with Crippen LogP contribution in [0, 0.1) is 0 Å². The maximum absolute atomic E-state index is 12.7. The van der Waals surface area contributed by atoms with Crippen LogP contribution < -0.4 is 10.6 Å². The highest BCUT2D eigenvalue weighted by atomic mass is 35.5. The molecule has 4 N–H and O–H groups in total. The third-order valence-corrected chi connectivity index (χ3v) is 12.0. The molecule has 2 unspecified atom stereocenters. The Bertz CT molecular complexity index is 2080. The maximum atomic E-state index is 12.7. The molecule has 316 valence electrons. The van der Waals surface area contributed by atoms with E-state index in [0.29, 0.717) is 71.7 Å². The molecule has 0 aromatic heterocycles. The van der Waals surface area contributed by atoms with Gasteiger partial charge in [-0.25, -0.2) is 0 Å². The SMILES string of the molecule is CN1C(=O)C(O)=C(C(=O)NCCCc2ccc(Cl)c(Cl)c2)C1CCc1ccccc1.CN1C(=O)C(O)=C(C(=O)NCCCc2ccc(Cl)c(Cl)c2)C1CCc1ccccc1. The van der Waals surface area contributed by atoms with Crippen LogP contribution in [-0.2, 0) is 44.9 Å². The van der Waals surface area contributed by atoms with Crippen molar-refractivity contribution in [2.75, 3.05) is 27.2 Å². The largest absolute Gasteiger partial charge is 0.503 e. The van der Waals surface area contributed by atoms with Gasteiger partial charge in [-0.2, -0.15) is 0 Å². The highest BCUT2D eigenvalue weighted by molar-refractivity contribution is 6.42. The van der Waals surface area contributed by atoms with Gasteiger partial charge >= 0.3 is 0 Å². The zero-order valence-electron chi connectivity index (χ0n) is 33.4. The number of aryl methyl sites for hydroxylation is 4. The molecule has 0 saturated heterocycles. The highest BCUT2D eigenvalue weighted by Gasteiger charge is 2.41. The number of carbonyl (C=O) groups excluding carboxylic acids is 4. The fraction of sp³-hybridized carbons (Fsp3) is 0.304. The van der Waals surface area contributed by atoms with Crippen molar-refractivity contribution in [2.45, 2.75) is 63.5 Å². The summed E-state index contributed by atoms with van der Waals surface area (Å²) in [5.74, 6) is -2.77. The van der Waals surface area contributed by atoms with Gasteiger partial charge in [0, 0.05) is 27.2 Å². The van der Waals surface area contributed by atoms with Crippen molar-refractivity contribution in [1.29, 1.82) is 0 Å². The van der Waals surface area contributed by atoms with Crippen molar-refractivity contribution in [2.24, 2.45) is 0 Å². The second kappa shape index (κ2) is 22.0. The van der Waals surface area contributed by atoms with Crippen molar-refractivity contribution in [3.05, 3.63) is 162 Å². The first kappa shape index (κ1) is 46.1.